The van der Waals surface area contributed by atoms with E-state index in [1.807, 2.05) is 20.8 Å². The van der Waals surface area contributed by atoms with Gasteiger partial charge in [0.2, 0.25) is 0 Å². The van der Waals surface area contributed by atoms with E-state index in [9.17, 15) is 4.79 Å². The van der Waals surface area contributed by atoms with Crippen molar-refractivity contribution in [2.24, 2.45) is 0 Å². The molecule has 0 heterocycles. The first-order valence-corrected chi connectivity index (χ1v) is 5.83. The number of nitrogens with one attached hydrogen (secondary N) is 1. The lowest BCUT2D eigenvalue weighted by molar-refractivity contribution is -0.153. The van der Waals surface area contributed by atoms with Crippen LogP contribution >= 0.6 is 0 Å². The van der Waals surface area contributed by atoms with Crippen LogP contribution in [0.15, 0.2) is 0 Å². The number of ether oxygens (including phenoxy) is 2. The third kappa shape index (κ3) is 8.68. The summed E-state index contributed by atoms with van der Waals surface area (Å²) in [5.74, 6) is -0.218. The minimum absolute atomic E-state index is 0.218. The predicted octanol–water partition coefficient (Wildman–Crippen LogP) is 1.73. The van der Waals surface area contributed by atoms with Gasteiger partial charge >= 0.3 is 5.97 Å². The third-order valence-electron chi connectivity index (χ3n) is 1.96. The van der Waals surface area contributed by atoms with Crippen LogP contribution in [0.5, 0.6) is 0 Å². The van der Waals surface area contributed by atoms with Crippen LogP contribution in [0.1, 0.15) is 40.5 Å². The van der Waals surface area contributed by atoms with Gasteiger partial charge in [0.25, 0.3) is 0 Å². The predicted molar refractivity (Wildman–Crippen MR) is 64.4 cm³/mol. The molecule has 0 aromatic heterocycles. The monoisotopic (exact) mass is 231 g/mol. The Morgan fingerprint density at radius 1 is 1.38 bits per heavy atom. The molecule has 0 aliphatic heterocycles. The van der Waals surface area contributed by atoms with E-state index >= 15 is 0 Å². The Morgan fingerprint density at radius 3 is 2.44 bits per heavy atom. The number of hydrogen-bond donors (Lipinski definition) is 1. The second-order valence-electron chi connectivity index (χ2n) is 4.91. The zero-order valence-electron chi connectivity index (χ0n) is 11.1. The summed E-state index contributed by atoms with van der Waals surface area (Å²) in [5.41, 5.74) is -0.416. The van der Waals surface area contributed by atoms with E-state index in [-0.39, 0.29) is 18.6 Å². The van der Waals surface area contributed by atoms with Gasteiger partial charge in [-0.25, -0.2) is 0 Å². The van der Waals surface area contributed by atoms with Crippen molar-refractivity contribution in [3.05, 3.63) is 0 Å². The zero-order chi connectivity index (χ0) is 12.6. The molecule has 0 bridgehead atoms. The van der Waals surface area contributed by atoms with E-state index in [2.05, 4.69) is 12.2 Å². The molecule has 4 nitrogen and oxygen atoms in total. The Hall–Kier alpha value is -0.610. The van der Waals surface area contributed by atoms with E-state index in [4.69, 9.17) is 9.47 Å². The second kappa shape index (κ2) is 7.63. The quantitative estimate of drug-likeness (QED) is 0.678. The highest BCUT2D eigenvalue weighted by atomic mass is 16.6. The highest BCUT2D eigenvalue weighted by Crippen LogP contribution is 2.06. The summed E-state index contributed by atoms with van der Waals surface area (Å²) in [7, 11) is 1.66. The maximum Gasteiger partial charge on any atom is 0.320 e. The summed E-state index contributed by atoms with van der Waals surface area (Å²) < 4.78 is 10.3. The van der Waals surface area contributed by atoms with Gasteiger partial charge in [0.15, 0.2) is 0 Å². The first kappa shape index (κ1) is 15.4. The maximum absolute atomic E-state index is 11.4. The summed E-state index contributed by atoms with van der Waals surface area (Å²) in [6.07, 6.45) is 2.06. The molecule has 0 aromatic carbocycles. The lowest BCUT2D eigenvalue weighted by Crippen LogP contribution is -2.39. The molecule has 0 fully saturated rings. The van der Waals surface area contributed by atoms with Gasteiger partial charge in [-0.15, -0.1) is 0 Å². The maximum atomic E-state index is 11.4. The third-order valence-corrected chi connectivity index (χ3v) is 1.96. The Morgan fingerprint density at radius 2 is 2.00 bits per heavy atom. The Kier molecular flexibility index (Phi) is 7.34. The van der Waals surface area contributed by atoms with Crippen LogP contribution in [-0.4, -0.2) is 37.9 Å². The van der Waals surface area contributed by atoms with Crippen LogP contribution < -0.4 is 5.32 Å². The van der Waals surface area contributed by atoms with Crippen LogP contribution in [0, 0.1) is 0 Å². The molecule has 1 unspecified atom stereocenters. The first-order chi connectivity index (χ1) is 7.39. The van der Waals surface area contributed by atoms with Crippen molar-refractivity contribution in [2.75, 3.05) is 20.3 Å². The average Bonchev–Trinajstić information content (AvgIpc) is 2.12. The van der Waals surface area contributed by atoms with E-state index in [1.165, 1.54) is 0 Å². The van der Waals surface area contributed by atoms with Crippen molar-refractivity contribution < 1.29 is 14.3 Å². The van der Waals surface area contributed by atoms with Gasteiger partial charge in [-0.3, -0.25) is 4.79 Å². The molecule has 1 atom stereocenters. The van der Waals surface area contributed by atoms with Gasteiger partial charge in [0.1, 0.15) is 5.60 Å². The molecule has 0 saturated heterocycles. The standard InChI is InChI=1S/C12H25NO3/c1-6-7-10(9-15-5)13-8-11(14)16-12(2,3)4/h10,13H,6-9H2,1-5H3. The molecule has 0 radical (unpaired) electrons. The van der Waals surface area contributed by atoms with Crippen LogP contribution in [0.25, 0.3) is 0 Å². The highest BCUT2D eigenvalue weighted by molar-refractivity contribution is 5.72. The van der Waals surface area contributed by atoms with Gasteiger partial charge in [-0.1, -0.05) is 13.3 Å². The summed E-state index contributed by atoms with van der Waals surface area (Å²) in [6, 6.07) is 0.225. The van der Waals surface area contributed by atoms with Gasteiger partial charge < -0.3 is 14.8 Å². The van der Waals surface area contributed by atoms with Gasteiger partial charge in [-0.2, -0.15) is 0 Å². The average molecular weight is 231 g/mol. The summed E-state index contributed by atoms with van der Waals surface area (Å²) in [4.78, 5) is 11.4. The number of rotatable bonds is 7. The largest absolute Gasteiger partial charge is 0.459 e. The van der Waals surface area contributed by atoms with Crippen molar-refractivity contribution >= 4 is 5.97 Å². The van der Waals surface area contributed by atoms with E-state index < -0.39 is 5.60 Å². The fourth-order valence-electron chi connectivity index (χ4n) is 1.40. The molecule has 0 spiro atoms. The molecular formula is C12H25NO3. The minimum atomic E-state index is -0.416. The number of hydrogen-bond acceptors (Lipinski definition) is 4. The van der Waals surface area contributed by atoms with Crippen LogP contribution in [-0.2, 0) is 14.3 Å². The fourth-order valence-corrected chi connectivity index (χ4v) is 1.40. The van der Waals surface area contributed by atoms with Crippen molar-refractivity contribution in [3.8, 4) is 0 Å². The molecule has 0 aromatic rings. The SMILES string of the molecule is CCCC(COC)NCC(=O)OC(C)(C)C. The van der Waals surface area contributed by atoms with Gasteiger partial charge in [0, 0.05) is 13.2 Å². The summed E-state index contributed by atoms with van der Waals surface area (Å²) in [6.45, 7) is 8.57. The van der Waals surface area contributed by atoms with Crippen molar-refractivity contribution in [1.29, 1.82) is 0 Å². The summed E-state index contributed by atoms with van der Waals surface area (Å²) in [5, 5.41) is 3.14. The van der Waals surface area contributed by atoms with Crippen molar-refractivity contribution in [2.45, 2.75) is 52.2 Å². The van der Waals surface area contributed by atoms with Gasteiger partial charge in [0.05, 0.1) is 13.2 Å². The summed E-state index contributed by atoms with van der Waals surface area (Å²) >= 11 is 0. The zero-order valence-corrected chi connectivity index (χ0v) is 11.1. The van der Waals surface area contributed by atoms with Crippen molar-refractivity contribution in [1.82, 2.24) is 5.32 Å². The molecule has 0 rings (SSSR count). The topological polar surface area (TPSA) is 47.6 Å². The van der Waals surface area contributed by atoms with Gasteiger partial charge in [-0.05, 0) is 27.2 Å². The molecule has 0 aliphatic carbocycles. The molecule has 0 aliphatic rings. The molecular weight excluding hydrogens is 206 g/mol. The molecule has 96 valence electrons. The molecule has 4 heteroatoms. The highest BCUT2D eigenvalue weighted by Gasteiger charge is 2.17. The number of methoxy groups -OCH3 is 1. The lowest BCUT2D eigenvalue weighted by Gasteiger charge is -2.21. The lowest BCUT2D eigenvalue weighted by atomic mass is 10.2. The Labute approximate surface area is 98.7 Å². The molecule has 1 N–H and O–H groups in total. The van der Waals surface area contributed by atoms with Crippen molar-refractivity contribution in [3.63, 3.8) is 0 Å². The molecule has 0 saturated carbocycles. The molecule has 0 amide bonds. The van der Waals surface area contributed by atoms with E-state index in [0.29, 0.717) is 6.61 Å². The molecule has 16 heavy (non-hydrogen) atoms. The first-order valence-electron chi connectivity index (χ1n) is 5.83. The number of carbonyl (C=O) groups is 1. The normalized spacial score (nSPS) is 13.6. The van der Waals surface area contributed by atoms with E-state index in [1.54, 1.807) is 7.11 Å². The number of esters is 1. The fraction of sp³-hybridized carbons (Fsp3) is 0.917. The number of carbonyl (C=O) groups excluding carboxylic acids is 1. The van der Waals surface area contributed by atoms with Crippen LogP contribution in [0.3, 0.4) is 0 Å². The minimum Gasteiger partial charge on any atom is -0.459 e. The van der Waals surface area contributed by atoms with Crippen LogP contribution in [0.2, 0.25) is 0 Å². The Bertz CT molecular complexity index is 193. The van der Waals surface area contributed by atoms with E-state index in [0.717, 1.165) is 12.8 Å². The second-order valence-corrected chi connectivity index (χ2v) is 4.91. The van der Waals surface area contributed by atoms with Crippen LogP contribution in [0.4, 0.5) is 0 Å². The Balaban J connectivity index is 3.86. The smallest absolute Gasteiger partial charge is 0.320 e.